The van der Waals surface area contributed by atoms with Crippen molar-refractivity contribution in [2.24, 2.45) is 0 Å². The van der Waals surface area contributed by atoms with E-state index in [2.05, 4.69) is 5.32 Å². The molecule has 1 N–H and O–H groups in total. The average Bonchev–Trinajstić information content (AvgIpc) is 3.12. The molecule has 1 aliphatic heterocycles. The van der Waals surface area contributed by atoms with E-state index >= 15 is 0 Å². The number of nitrogens with zero attached hydrogens (tertiary/aromatic N) is 1. The Labute approximate surface area is 150 Å². The van der Waals surface area contributed by atoms with Crippen molar-refractivity contribution in [2.45, 2.75) is 24.6 Å². The fraction of sp³-hybridized carbons (Fsp3) is 0.353. The van der Waals surface area contributed by atoms with Gasteiger partial charge in [-0.25, -0.2) is 17.1 Å². The molecule has 1 amide bonds. The Morgan fingerprint density at radius 2 is 1.88 bits per heavy atom. The highest BCUT2D eigenvalue weighted by molar-refractivity contribution is 7.88. The summed E-state index contributed by atoms with van der Waals surface area (Å²) in [6.07, 6.45) is 1.17. The third kappa shape index (κ3) is 4.65. The summed E-state index contributed by atoms with van der Waals surface area (Å²) in [6, 6.07) is 9.06. The number of piperidine rings is 1. The van der Waals surface area contributed by atoms with Crippen LogP contribution in [0, 0.1) is 5.82 Å². The number of carbonyl (C=O) groups excluding carboxylic acids is 1. The van der Waals surface area contributed by atoms with Crippen LogP contribution in [0.5, 0.6) is 0 Å². The highest BCUT2D eigenvalue weighted by Crippen LogP contribution is 2.19. The predicted molar refractivity (Wildman–Crippen MR) is 95.4 cm³/mol. The van der Waals surface area contributed by atoms with Crippen LogP contribution in [0.3, 0.4) is 0 Å². The van der Waals surface area contributed by atoms with Crippen molar-refractivity contribution in [3.05, 3.63) is 58.0 Å². The number of thiophene rings is 1. The molecule has 0 atom stereocenters. The van der Waals surface area contributed by atoms with E-state index in [1.807, 2.05) is 11.4 Å². The molecule has 2 heterocycles. The molecular weight excluding hydrogens is 363 g/mol. The van der Waals surface area contributed by atoms with Crippen molar-refractivity contribution in [2.75, 3.05) is 13.1 Å². The summed E-state index contributed by atoms with van der Waals surface area (Å²) in [5.41, 5.74) is 0.564. The van der Waals surface area contributed by atoms with Crippen LogP contribution < -0.4 is 5.32 Å². The normalized spacial score (nSPS) is 16.7. The van der Waals surface area contributed by atoms with Gasteiger partial charge in [0.2, 0.25) is 10.0 Å². The van der Waals surface area contributed by atoms with Crippen molar-refractivity contribution in [1.82, 2.24) is 9.62 Å². The van der Waals surface area contributed by atoms with E-state index in [9.17, 15) is 17.6 Å². The summed E-state index contributed by atoms with van der Waals surface area (Å²) in [7, 11) is -3.44. The molecule has 0 radical (unpaired) electrons. The lowest BCUT2D eigenvalue weighted by atomic mass is 10.1. The number of hydrogen-bond acceptors (Lipinski definition) is 4. The van der Waals surface area contributed by atoms with Crippen molar-refractivity contribution in [3.63, 3.8) is 0 Å². The minimum absolute atomic E-state index is 0.0214. The molecule has 8 heteroatoms. The lowest BCUT2D eigenvalue weighted by Gasteiger charge is -2.31. The van der Waals surface area contributed by atoms with Gasteiger partial charge in [0, 0.05) is 19.1 Å². The van der Waals surface area contributed by atoms with E-state index in [0.29, 0.717) is 36.4 Å². The number of sulfonamides is 1. The summed E-state index contributed by atoms with van der Waals surface area (Å²) in [5, 5.41) is 4.80. The van der Waals surface area contributed by atoms with Crippen molar-refractivity contribution in [1.29, 1.82) is 0 Å². The number of hydrogen-bond donors (Lipinski definition) is 1. The second-order valence-electron chi connectivity index (χ2n) is 6.01. The summed E-state index contributed by atoms with van der Waals surface area (Å²) in [6.45, 7) is 0.748. The minimum Gasteiger partial charge on any atom is -0.349 e. The Morgan fingerprint density at radius 3 is 2.48 bits per heavy atom. The van der Waals surface area contributed by atoms with Crippen LogP contribution in [-0.2, 0) is 15.8 Å². The molecule has 0 unspecified atom stereocenters. The fourth-order valence-electron chi connectivity index (χ4n) is 2.83. The van der Waals surface area contributed by atoms with Crippen LogP contribution in [0.2, 0.25) is 0 Å². The van der Waals surface area contributed by atoms with Crippen LogP contribution in [0.4, 0.5) is 4.39 Å². The quantitative estimate of drug-likeness (QED) is 0.864. The highest BCUT2D eigenvalue weighted by atomic mass is 32.2. The second kappa shape index (κ2) is 7.63. The van der Waals surface area contributed by atoms with Gasteiger partial charge in [-0.1, -0.05) is 18.2 Å². The number of carbonyl (C=O) groups is 1. The molecule has 134 valence electrons. The maximum Gasteiger partial charge on any atom is 0.261 e. The molecule has 2 aromatic rings. The van der Waals surface area contributed by atoms with E-state index in [0.717, 1.165) is 0 Å². The first-order chi connectivity index (χ1) is 11.9. The Kier molecular flexibility index (Phi) is 5.51. The molecule has 1 aliphatic rings. The molecule has 0 spiro atoms. The molecule has 0 aliphatic carbocycles. The fourth-order valence-corrected chi connectivity index (χ4v) is 5.02. The van der Waals surface area contributed by atoms with E-state index < -0.39 is 10.0 Å². The number of halogens is 1. The van der Waals surface area contributed by atoms with Crippen molar-refractivity contribution in [3.8, 4) is 0 Å². The van der Waals surface area contributed by atoms with Gasteiger partial charge in [0.25, 0.3) is 5.91 Å². The number of benzene rings is 1. The van der Waals surface area contributed by atoms with Crippen LogP contribution >= 0.6 is 11.3 Å². The Bertz CT molecular complexity index is 812. The number of amides is 1. The Morgan fingerprint density at radius 1 is 1.20 bits per heavy atom. The molecule has 1 aromatic heterocycles. The molecule has 5 nitrogen and oxygen atoms in total. The average molecular weight is 382 g/mol. The van der Waals surface area contributed by atoms with E-state index in [1.165, 1.54) is 39.9 Å². The second-order valence-corrected chi connectivity index (χ2v) is 8.92. The first-order valence-electron chi connectivity index (χ1n) is 8.01. The number of nitrogens with one attached hydrogen (secondary N) is 1. The van der Waals surface area contributed by atoms with Gasteiger partial charge in [0.05, 0.1) is 10.6 Å². The first-order valence-corrected chi connectivity index (χ1v) is 10.5. The minimum atomic E-state index is -3.44. The smallest absolute Gasteiger partial charge is 0.261 e. The van der Waals surface area contributed by atoms with Crippen molar-refractivity contribution < 1.29 is 17.6 Å². The van der Waals surface area contributed by atoms with Gasteiger partial charge in [0.15, 0.2) is 0 Å². The van der Waals surface area contributed by atoms with E-state index in [4.69, 9.17) is 0 Å². The van der Waals surface area contributed by atoms with E-state index in [1.54, 1.807) is 6.07 Å². The molecular formula is C17H19FN2O3S2. The van der Waals surface area contributed by atoms with Crippen LogP contribution in [-0.4, -0.2) is 37.8 Å². The first kappa shape index (κ1) is 18.0. The van der Waals surface area contributed by atoms with Gasteiger partial charge < -0.3 is 5.32 Å². The van der Waals surface area contributed by atoms with Gasteiger partial charge in [0.1, 0.15) is 5.82 Å². The molecule has 25 heavy (non-hydrogen) atoms. The topological polar surface area (TPSA) is 66.5 Å². The predicted octanol–water partition coefficient (Wildman–Crippen LogP) is 2.61. The van der Waals surface area contributed by atoms with Gasteiger partial charge in [-0.15, -0.1) is 11.3 Å². The molecule has 1 fully saturated rings. The zero-order valence-corrected chi connectivity index (χ0v) is 15.2. The van der Waals surface area contributed by atoms with Gasteiger partial charge in [-0.05, 0) is 42.0 Å². The third-order valence-electron chi connectivity index (χ3n) is 4.19. The SMILES string of the molecule is O=C(NC1CCN(S(=O)(=O)Cc2ccc(F)cc2)CC1)c1cccs1. The van der Waals surface area contributed by atoms with Crippen LogP contribution in [0.15, 0.2) is 41.8 Å². The summed E-state index contributed by atoms with van der Waals surface area (Å²) < 4.78 is 39.4. The summed E-state index contributed by atoms with van der Waals surface area (Å²) >= 11 is 1.38. The lowest BCUT2D eigenvalue weighted by molar-refractivity contribution is 0.0928. The van der Waals surface area contributed by atoms with Gasteiger partial charge in [-0.2, -0.15) is 0 Å². The standard InChI is InChI=1S/C17H19FN2O3S2/c18-14-5-3-13(4-6-14)12-25(22,23)20-9-7-15(8-10-20)19-17(21)16-2-1-11-24-16/h1-6,11,15H,7-10,12H2,(H,19,21). The molecule has 1 saturated heterocycles. The van der Waals surface area contributed by atoms with Gasteiger partial charge >= 0.3 is 0 Å². The molecule has 1 aromatic carbocycles. The van der Waals surface area contributed by atoms with Crippen molar-refractivity contribution >= 4 is 27.3 Å². The molecule has 0 bridgehead atoms. The Hall–Kier alpha value is -1.77. The Balaban J connectivity index is 1.54. The summed E-state index contributed by atoms with van der Waals surface area (Å²) in [5.74, 6) is -0.634. The third-order valence-corrected chi connectivity index (χ3v) is 6.91. The largest absolute Gasteiger partial charge is 0.349 e. The van der Waals surface area contributed by atoms with Crippen LogP contribution in [0.1, 0.15) is 28.1 Å². The van der Waals surface area contributed by atoms with Gasteiger partial charge in [-0.3, -0.25) is 4.79 Å². The maximum atomic E-state index is 12.9. The lowest BCUT2D eigenvalue weighted by Crippen LogP contribution is -2.46. The highest BCUT2D eigenvalue weighted by Gasteiger charge is 2.29. The molecule has 3 rings (SSSR count). The monoisotopic (exact) mass is 382 g/mol. The summed E-state index contributed by atoms with van der Waals surface area (Å²) in [4.78, 5) is 12.7. The van der Waals surface area contributed by atoms with Crippen LogP contribution in [0.25, 0.3) is 0 Å². The zero-order chi connectivity index (χ0) is 17.9. The molecule has 0 saturated carbocycles. The zero-order valence-electron chi connectivity index (χ0n) is 13.5. The van der Waals surface area contributed by atoms with E-state index in [-0.39, 0.29) is 23.5 Å². The number of rotatable bonds is 5. The maximum absolute atomic E-state index is 12.9.